The normalized spacial score (nSPS) is 22.8. The summed E-state index contributed by atoms with van der Waals surface area (Å²) in [5.74, 6) is -14.1. The Morgan fingerprint density at radius 3 is 1.88 bits per heavy atom. The monoisotopic (exact) mass is 1450 g/mol. The maximum atomic E-state index is 15.0. The number of benzene rings is 3. The average molecular weight is 1450 g/mol. The van der Waals surface area contributed by atoms with E-state index in [9.17, 15) is 78.0 Å². The number of aliphatic hydroxyl groups is 1. The number of likely N-dealkylation sites (tertiary alicyclic amines) is 1. The van der Waals surface area contributed by atoms with E-state index in [-0.39, 0.29) is 69.1 Å². The molecule has 1 aromatic heterocycles. The summed E-state index contributed by atoms with van der Waals surface area (Å²) < 4.78 is 0. The number of phenols is 2. The van der Waals surface area contributed by atoms with Crippen LogP contribution in [0.15, 0.2) is 96.1 Å². The fourth-order valence-electron chi connectivity index (χ4n) is 11.8. The van der Waals surface area contributed by atoms with Crippen LogP contribution >= 0.6 is 0 Å². The van der Waals surface area contributed by atoms with Crippen LogP contribution in [-0.4, -0.2) is 206 Å². The number of nitrogens with one attached hydrogen (secondary N) is 11. The lowest BCUT2D eigenvalue weighted by Gasteiger charge is -2.30. The van der Waals surface area contributed by atoms with E-state index in [0.29, 0.717) is 47.0 Å². The number of guanidine groups is 1. The number of nitrogens with two attached hydrogens (primary N) is 5. The molecule has 1 fully saturated rings. The number of hydrogen-bond acceptors (Lipinski definition) is 19. The average Bonchev–Trinajstić information content (AvgIpc) is 1.66. The zero-order valence-electron chi connectivity index (χ0n) is 57.9. The lowest BCUT2D eigenvalue weighted by Crippen LogP contribution is -2.61. The zero-order valence-corrected chi connectivity index (χ0v) is 57.9. The van der Waals surface area contributed by atoms with Crippen molar-refractivity contribution >= 4 is 93.7 Å². The van der Waals surface area contributed by atoms with Crippen molar-refractivity contribution in [2.75, 3.05) is 26.2 Å². The van der Waals surface area contributed by atoms with E-state index in [0.717, 1.165) is 0 Å². The Hall–Kier alpha value is -11.2. The van der Waals surface area contributed by atoms with Crippen molar-refractivity contribution in [1.82, 2.24) is 63.1 Å². The molecular weight excluding hydrogens is 1350 g/mol. The number of aliphatic hydroxyl groups excluding tert-OH is 1. The molecule has 0 bridgehead atoms. The quantitative estimate of drug-likeness (QED) is 0.0131. The minimum absolute atomic E-state index is 0.0216. The molecule has 564 valence electrons. The van der Waals surface area contributed by atoms with Gasteiger partial charge in [-0.05, 0) is 117 Å². The van der Waals surface area contributed by atoms with Crippen LogP contribution in [0.2, 0.25) is 0 Å². The van der Waals surface area contributed by atoms with Gasteiger partial charge in [0.05, 0.1) is 6.04 Å². The van der Waals surface area contributed by atoms with Crippen LogP contribution in [0.25, 0.3) is 10.9 Å². The number of H-pyrrole nitrogens is 1. The van der Waals surface area contributed by atoms with Crippen molar-refractivity contribution in [3.8, 4) is 11.5 Å². The number of rotatable bonds is 25. The molecule has 3 aromatic carbocycles. The second-order valence-electron chi connectivity index (χ2n) is 25.8. The highest BCUT2D eigenvalue weighted by molar-refractivity contribution is 5.99. The molecule has 12 amide bonds. The highest BCUT2D eigenvalue weighted by atomic mass is 16.4. The van der Waals surface area contributed by atoms with Gasteiger partial charge in [-0.2, -0.15) is 0 Å². The van der Waals surface area contributed by atoms with Crippen molar-refractivity contribution < 1.29 is 82.8 Å². The predicted octanol–water partition coefficient (Wildman–Crippen LogP) is -3.72. The summed E-state index contributed by atoms with van der Waals surface area (Å²) in [5, 5.41) is 67.8. The number of fused-ring (bicyclic) bond motifs is 1. The van der Waals surface area contributed by atoms with Crippen LogP contribution < -0.4 is 81.8 Å². The molecule has 25 N–H and O–H groups in total. The minimum Gasteiger partial charge on any atom is -0.508 e. The number of carbonyl (C=O) groups is 13. The van der Waals surface area contributed by atoms with Crippen molar-refractivity contribution in [1.29, 1.82) is 0 Å². The van der Waals surface area contributed by atoms with Crippen LogP contribution in [-0.2, 0) is 81.6 Å². The number of primary amides is 2. The number of nitrogens with zero attached hydrogens (tertiary/aromatic N) is 2. The second kappa shape index (κ2) is 40.4. The van der Waals surface area contributed by atoms with Gasteiger partial charge in [0.2, 0.25) is 70.9 Å². The number of carboxylic acids is 1. The first-order chi connectivity index (χ1) is 49.5. The first kappa shape index (κ1) is 81.8. The van der Waals surface area contributed by atoms with Crippen LogP contribution in [0.4, 0.5) is 0 Å². The number of aromatic nitrogens is 1. The molecule has 35 nitrogen and oxygen atoms in total. The van der Waals surface area contributed by atoms with Crippen LogP contribution in [0, 0.1) is 5.92 Å². The molecule has 0 aliphatic carbocycles. The number of carbonyl (C=O) groups excluding carboxylic acids is 12. The molecule has 11 atom stereocenters. The maximum absolute atomic E-state index is 15.0. The first-order valence-corrected chi connectivity index (χ1v) is 34.2. The van der Waals surface area contributed by atoms with E-state index in [1.165, 1.54) is 60.7 Å². The summed E-state index contributed by atoms with van der Waals surface area (Å²) in [6, 6.07) is 3.07. The Balaban J connectivity index is 1.43. The molecule has 104 heavy (non-hydrogen) atoms. The van der Waals surface area contributed by atoms with Crippen LogP contribution in [0.1, 0.15) is 108 Å². The topological polar surface area (TPSA) is 585 Å². The van der Waals surface area contributed by atoms with E-state index >= 15 is 4.79 Å². The summed E-state index contributed by atoms with van der Waals surface area (Å²) in [6.07, 6.45) is -0.458. The molecule has 0 saturated carbocycles. The Bertz CT molecular complexity index is 3730. The molecule has 2 aliphatic heterocycles. The number of phenolic OH excluding ortho intramolecular Hbond substituents is 2. The molecule has 1 unspecified atom stereocenters. The van der Waals surface area contributed by atoms with E-state index < -0.39 is 201 Å². The molecule has 1 saturated heterocycles. The standard InChI is InChI=1S/C69H96N18O17/c1-37(2)58-68(104)85-51(34-39-17-21-42(89)22-18-39)65(101)80-46(13-7-30-76-69(73)74)60(96)75-31-28-55(91)78-48(23-25-54(71)90)61(97)83-52(35-40-36-77-44-10-4-3-9-43(40)44)66(102)82-49(24-26-57(93)94)62(98)79-45(59(72)95)11-5-6-12-47(63(99)86-58)81-64(100)50(33-38-15-19-41(88)20-16-38)84-67(103)53-14-8-32-87(53)56(92)27-29-70/h3-6,9-10,15-22,36-37,45-53,56,58,77,88-89,92H,7-8,11-14,23-35,70H2,1-2H3,(H2,71,90)(H2,72,95)(H,75,96)(H,78,91)(H,79,98)(H,80,101)(H,81,100)(H,82,102)(H,83,97)(H,84,103)(H,85,104)(H,86,99)(H,93,94)(H4,73,74,76)/b6-5+/t45-,46-,47-,48-,49-,50-,51-,52-,53-,56?,58-/m0/s1. The van der Waals surface area contributed by atoms with Crippen molar-refractivity contribution in [3.63, 3.8) is 0 Å². The van der Waals surface area contributed by atoms with E-state index in [1.807, 2.05) is 0 Å². The van der Waals surface area contributed by atoms with Crippen LogP contribution in [0.5, 0.6) is 11.5 Å². The molecule has 0 radical (unpaired) electrons. The number of hydrogen-bond donors (Lipinski definition) is 20. The van der Waals surface area contributed by atoms with Crippen molar-refractivity contribution in [3.05, 3.63) is 108 Å². The summed E-state index contributed by atoms with van der Waals surface area (Å²) in [6.45, 7) is 3.10. The number of aliphatic carboxylic acids is 1. The second-order valence-corrected chi connectivity index (χ2v) is 25.8. The SMILES string of the molecule is CC(C)[C@@H]1NC(=O)[C@@H](NC(=O)[C@H](Cc2ccc(O)cc2)NC(=O)[C@@H]2CCCN2C(O)CCN)C/C=C/C[C@@H](C(N)=O)NC(=O)[C@H](CCC(=O)O)NC(=O)[C@H](Cc2c[nH]c3ccccc23)NC(=O)[C@H](CCC(N)=O)NC(=O)CCNC(=O)[C@H](CCCN=C(N)N)NC(=O)[C@H](Cc2ccc(O)cc2)NC1=O. The van der Waals surface area contributed by atoms with Gasteiger partial charge in [-0.25, -0.2) is 0 Å². The van der Waals surface area contributed by atoms with E-state index in [1.54, 1.807) is 49.2 Å². The predicted molar refractivity (Wildman–Crippen MR) is 378 cm³/mol. The van der Waals surface area contributed by atoms with Crippen molar-refractivity contribution in [2.45, 2.75) is 177 Å². The highest BCUT2D eigenvalue weighted by Crippen LogP contribution is 2.23. The van der Waals surface area contributed by atoms with Crippen LogP contribution in [0.3, 0.4) is 0 Å². The number of carboxylic acid groups (broad SMARTS) is 1. The minimum atomic E-state index is -1.75. The van der Waals surface area contributed by atoms with Gasteiger partial charge in [0.1, 0.15) is 72.1 Å². The molecule has 0 spiro atoms. The third-order valence-corrected chi connectivity index (χ3v) is 17.4. The van der Waals surface area contributed by atoms with Gasteiger partial charge in [0, 0.05) is 75.3 Å². The first-order valence-electron chi connectivity index (χ1n) is 34.2. The number of aliphatic imine (C=N–C) groups is 1. The molecule has 3 heterocycles. The third kappa shape index (κ3) is 26.0. The smallest absolute Gasteiger partial charge is 0.303 e. The summed E-state index contributed by atoms with van der Waals surface area (Å²) >= 11 is 0. The van der Waals surface area contributed by atoms with Gasteiger partial charge in [0.15, 0.2) is 5.96 Å². The largest absolute Gasteiger partial charge is 0.508 e. The molecule has 6 rings (SSSR count). The van der Waals surface area contributed by atoms with E-state index in [2.05, 4.69) is 63.1 Å². The van der Waals surface area contributed by atoms with Gasteiger partial charge in [-0.15, -0.1) is 0 Å². The van der Waals surface area contributed by atoms with Gasteiger partial charge in [0.25, 0.3) is 0 Å². The Morgan fingerprint density at radius 1 is 0.663 bits per heavy atom. The summed E-state index contributed by atoms with van der Waals surface area (Å²) in [7, 11) is 0. The number of para-hydroxylation sites is 1. The highest BCUT2D eigenvalue weighted by Gasteiger charge is 2.39. The third-order valence-electron chi connectivity index (χ3n) is 17.4. The fraction of sp³-hybridized carbons (Fsp3) is 0.478. The number of aromatic hydroxyl groups is 2. The Labute approximate surface area is 599 Å². The van der Waals surface area contributed by atoms with Gasteiger partial charge >= 0.3 is 5.97 Å². The molecular formula is C69H96N18O17. The Morgan fingerprint density at radius 2 is 1.25 bits per heavy atom. The molecule has 2 aliphatic rings. The zero-order chi connectivity index (χ0) is 76.2. The fourth-order valence-corrected chi connectivity index (χ4v) is 11.8. The van der Waals surface area contributed by atoms with Gasteiger partial charge in [-0.3, -0.25) is 72.2 Å². The molecule has 35 heteroatoms. The maximum Gasteiger partial charge on any atom is 0.303 e. The Kier molecular flexibility index (Phi) is 31.8. The number of amides is 12. The molecule has 4 aromatic rings. The van der Waals surface area contributed by atoms with Gasteiger partial charge in [-0.1, -0.05) is 68.5 Å². The number of aromatic amines is 1. The van der Waals surface area contributed by atoms with Crippen molar-refractivity contribution in [2.24, 2.45) is 39.6 Å². The van der Waals surface area contributed by atoms with E-state index in [4.69, 9.17) is 28.7 Å². The van der Waals surface area contributed by atoms with Gasteiger partial charge < -0.3 is 107 Å². The summed E-state index contributed by atoms with van der Waals surface area (Å²) in [4.78, 5) is 191. The lowest BCUT2D eigenvalue weighted by molar-refractivity contribution is -0.138. The lowest BCUT2D eigenvalue weighted by atomic mass is 9.99. The summed E-state index contributed by atoms with van der Waals surface area (Å²) in [5.41, 5.74) is 30.2.